The maximum atomic E-state index is 13.1. The summed E-state index contributed by atoms with van der Waals surface area (Å²) in [5, 5.41) is 6.79. The standard InChI is InChI=1S/C20H24N2O4S/c1-11-15-14(6-7-20(11)25-8-9-26-20)27-19(22-17(23)13-4-5-13)16(15)18(24)21-10-12-2-3-12/h8-9,11-13H,2-7,10H2,1H3,(H,21,24)(H,22,23). The third kappa shape index (κ3) is 3.02. The Bertz CT molecular complexity index is 814. The monoisotopic (exact) mass is 388 g/mol. The van der Waals surface area contributed by atoms with Gasteiger partial charge in [-0.25, -0.2) is 0 Å². The second kappa shape index (κ2) is 6.26. The molecular formula is C20H24N2O4S. The first-order chi connectivity index (χ1) is 13.1. The number of aryl methyl sites for hydroxylation is 1. The number of anilines is 1. The fourth-order valence-corrected chi connectivity index (χ4v) is 5.31. The van der Waals surface area contributed by atoms with Gasteiger partial charge in [-0.15, -0.1) is 11.3 Å². The third-order valence-corrected chi connectivity index (χ3v) is 7.25. The van der Waals surface area contributed by atoms with E-state index in [0.29, 0.717) is 23.0 Å². The first-order valence-corrected chi connectivity index (χ1v) is 10.6. The van der Waals surface area contributed by atoms with Gasteiger partial charge in [-0.3, -0.25) is 9.59 Å². The highest BCUT2D eigenvalue weighted by Crippen LogP contribution is 2.51. The summed E-state index contributed by atoms with van der Waals surface area (Å²) in [7, 11) is 0. The molecule has 4 aliphatic rings. The average molecular weight is 388 g/mol. The Kier molecular flexibility index (Phi) is 3.96. The summed E-state index contributed by atoms with van der Waals surface area (Å²) >= 11 is 1.54. The molecule has 1 aromatic heterocycles. The molecule has 0 bridgehead atoms. The lowest BCUT2D eigenvalue weighted by Gasteiger charge is -2.37. The molecule has 1 spiro atoms. The van der Waals surface area contributed by atoms with Gasteiger partial charge in [0.15, 0.2) is 0 Å². The third-order valence-electron chi connectivity index (χ3n) is 6.07. The number of hydrogen-bond acceptors (Lipinski definition) is 5. The summed E-state index contributed by atoms with van der Waals surface area (Å²) in [6.07, 6.45) is 8.90. The number of thiophene rings is 1. The van der Waals surface area contributed by atoms with Gasteiger partial charge in [0.1, 0.15) is 17.5 Å². The molecule has 0 radical (unpaired) electrons. The van der Waals surface area contributed by atoms with Gasteiger partial charge in [-0.2, -0.15) is 0 Å². The average Bonchev–Trinajstić information content (AvgIpc) is 3.58. The molecule has 5 rings (SSSR count). The quantitative estimate of drug-likeness (QED) is 0.809. The van der Waals surface area contributed by atoms with Crippen LogP contribution in [0.1, 0.15) is 65.7 Å². The predicted molar refractivity (Wildman–Crippen MR) is 102 cm³/mol. The first-order valence-electron chi connectivity index (χ1n) is 9.82. The van der Waals surface area contributed by atoms with E-state index in [2.05, 4.69) is 10.6 Å². The second-order valence-electron chi connectivity index (χ2n) is 8.10. The van der Waals surface area contributed by atoms with Crippen LogP contribution >= 0.6 is 11.3 Å². The smallest absolute Gasteiger partial charge is 0.256 e. The maximum absolute atomic E-state index is 13.1. The number of amides is 2. The fourth-order valence-electron chi connectivity index (χ4n) is 4.01. The van der Waals surface area contributed by atoms with Crippen LogP contribution in [0.3, 0.4) is 0 Å². The van der Waals surface area contributed by atoms with Gasteiger partial charge in [0.05, 0.1) is 11.5 Å². The van der Waals surface area contributed by atoms with Crippen LogP contribution in [0.15, 0.2) is 12.5 Å². The molecule has 2 saturated carbocycles. The molecule has 7 heteroatoms. The van der Waals surface area contributed by atoms with E-state index in [0.717, 1.165) is 36.1 Å². The van der Waals surface area contributed by atoms with Crippen LogP contribution in [0.2, 0.25) is 0 Å². The molecule has 0 saturated heterocycles. The molecule has 1 aromatic rings. The van der Waals surface area contributed by atoms with Gasteiger partial charge in [0.2, 0.25) is 5.91 Å². The summed E-state index contributed by atoms with van der Waals surface area (Å²) in [6, 6.07) is 0. The Morgan fingerprint density at radius 1 is 1.22 bits per heavy atom. The van der Waals surface area contributed by atoms with Crippen LogP contribution in [-0.4, -0.2) is 24.1 Å². The van der Waals surface area contributed by atoms with Crippen molar-refractivity contribution in [3.05, 3.63) is 28.5 Å². The Labute approximate surface area is 162 Å². The Morgan fingerprint density at radius 3 is 2.63 bits per heavy atom. The normalized spacial score (nSPS) is 24.9. The van der Waals surface area contributed by atoms with Crippen molar-refractivity contribution in [3.63, 3.8) is 0 Å². The fraction of sp³-hybridized carbons (Fsp3) is 0.600. The van der Waals surface area contributed by atoms with E-state index in [1.807, 2.05) is 6.92 Å². The number of hydrogen-bond donors (Lipinski definition) is 2. The highest BCUT2D eigenvalue weighted by molar-refractivity contribution is 7.17. The summed E-state index contributed by atoms with van der Waals surface area (Å²) in [5.74, 6) is -0.205. The molecule has 3 aliphatic carbocycles. The van der Waals surface area contributed by atoms with Crippen molar-refractivity contribution in [2.45, 2.75) is 57.2 Å². The minimum Gasteiger partial charge on any atom is -0.456 e. The second-order valence-corrected chi connectivity index (χ2v) is 9.21. The largest absolute Gasteiger partial charge is 0.456 e. The highest BCUT2D eigenvalue weighted by Gasteiger charge is 2.49. The number of rotatable bonds is 5. The molecule has 2 N–H and O–H groups in total. The Hall–Kier alpha value is -2.02. The van der Waals surface area contributed by atoms with Crippen molar-refractivity contribution in [3.8, 4) is 0 Å². The lowest BCUT2D eigenvalue weighted by Crippen LogP contribution is -2.40. The first kappa shape index (κ1) is 17.1. The van der Waals surface area contributed by atoms with Crippen molar-refractivity contribution < 1.29 is 19.1 Å². The lowest BCUT2D eigenvalue weighted by molar-refractivity contribution is -0.165. The zero-order valence-electron chi connectivity index (χ0n) is 15.4. The molecule has 0 aromatic carbocycles. The summed E-state index contributed by atoms with van der Waals surface area (Å²) in [5.41, 5.74) is 1.57. The van der Waals surface area contributed by atoms with Crippen LogP contribution in [0, 0.1) is 11.8 Å². The van der Waals surface area contributed by atoms with E-state index in [9.17, 15) is 9.59 Å². The molecule has 1 aliphatic heterocycles. The van der Waals surface area contributed by atoms with Crippen molar-refractivity contribution in [1.82, 2.24) is 5.32 Å². The molecule has 144 valence electrons. The topological polar surface area (TPSA) is 76.7 Å². The van der Waals surface area contributed by atoms with Gasteiger partial charge in [0, 0.05) is 23.8 Å². The number of ether oxygens (including phenoxy) is 2. The SMILES string of the molecule is CC1c2c(sc(NC(=O)C3CC3)c2C(=O)NCC2CC2)CCC12OC=CO2. The van der Waals surface area contributed by atoms with Gasteiger partial charge in [0.25, 0.3) is 11.7 Å². The van der Waals surface area contributed by atoms with E-state index in [1.54, 1.807) is 12.5 Å². The lowest BCUT2D eigenvalue weighted by atomic mass is 9.81. The van der Waals surface area contributed by atoms with Gasteiger partial charge in [-0.05, 0) is 43.6 Å². The molecule has 2 heterocycles. The van der Waals surface area contributed by atoms with Gasteiger partial charge < -0.3 is 20.1 Å². The number of carbonyl (C=O) groups is 2. The van der Waals surface area contributed by atoms with Gasteiger partial charge in [-0.1, -0.05) is 6.92 Å². The number of fused-ring (bicyclic) bond motifs is 1. The minimum atomic E-state index is -0.739. The van der Waals surface area contributed by atoms with Crippen molar-refractivity contribution in [2.24, 2.45) is 11.8 Å². The van der Waals surface area contributed by atoms with E-state index in [-0.39, 0.29) is 23.7 Å². The zero-order valence-corrected chi connectivity index (χ0v) is 16.2. The summed E-state index contributed by atoms with van der Waals surface area (Å²) < 4.78 is 11.6. The van der Waals surface area contributed by atoms with Crippen molar-refractivity contribution in [1.29, 1.82) is 0 Å². The molecule has 27 heavy (non-hydrogen) atoms. The number of nitrogens with one attached hydrogen (secondary N) is 2. The van der Waals surface area contributed by atoms with Crippen LogP contribution < -0.4 is 10.6 Å². The molecule has 2 fully saturated rings. The van der Waals surface area contributed by atoms with E-state index < -0.39 is 5.79 Å². The number of carbonyl (C=O) groups excluding carboxylic acids is 2. The Balaban J connectivity index is 1.49. The van der Waals surface area contributed by atoms with E-state index in [4.69, 9.17) is 9.47 Å². The van der Waals surface area contributed by atoms with Crippen molar-refractivity contribution >= 4 is 28.2 Å². The zero-order chi connectivity index (χ0) is 18.6. The van der Waals surface area contributed by atoms with Crippen LogP contribution in [0.4, 0.5) is 5.00 Å². The summed E-state index contributed by atoms with van der Waals surface area (Å²) in [6.45, 7) is 2.75. The van der Waals surface area contributed by atoms with Crippen LogP contribution in [0.25, 0.3) is 0 Å². The molecule has 6 nitrogen and oxygen atoms in total. The van der Waals surface area contributed by atoms with E-state index >= 15 is 0 Å². The minimum absolute atomic E-state index is 0.0299. The highest BCUT2D eigenvalue weighted by atomic mass is 32.1. The van der Waals surface area contributed by atoms with Crippen molar-refractivity contribution in [2.75, 3.05) is 11.9 Å². The van der Waals surface area contributed by atoms with Gasteiger partial charge >= 0.3 is 0 Å². The molecule has 2 amide bonds. The Morgan fingerprint density at radius 2 is 1.96 bits per heavy atom. The van der Waals surface area contributed by atoms with Crippen LogP contribution in [0.5, 0.6) is 0 Å². The van der Waals surface area contributed by atoms with Crippen LogP contribution in [-0.2, 0) is 20.7 Å². The van der Waals surface area contributed by atoms with E-state index in [1.165, 1.54) is 24.2 Å². The maximum Gasteiger partial charge on any atom is 0.256 e. The molecule has 1 unspecified atom stereocenters. The molecule has 1 atom stereocenters. The summed E-state index contributed by atoms with van der Waals surface area (Å²) in [4.78, 5) is 26.6. The molecular weight excluding hydrogens is 364 g/mol. The predicted octanol–water partition coefficient (Wildman–Crippen LogP) is 3.50.